The Morgan fingerprint density at radius 3 is 2.70 bits per heavy atom. The summed E-state index contributed by atoms with van der Waals surface area (Å²) in [6.45, 7) is 0.162. The number of fused-ring (bicyclic) bond motifs is 1. The van der Waals surface area contributed by atoms with Crippen LogP contribution < -0.4 is 10.4 Å². The quantitative estimate of drug-likeness (QED) is 0.680. The summed E-state index contributed by atoms with van der Waals surface area (Å²) in [6, 6.07) is 10.4. The predicted molar refractivity (Wildman–Crippen MR) is 82.9 cm³/mol. The zero-order valence-corrected chi connectivity index (χ0v) is 12.7. The zero-order valence-electron chi connectivity index (χ0n) is 12.7. The van der Waals surface area contributed by atoms with E-state index in [2.05, 4.69) is 5.10 Å². The molecule has 0 radical (unpaired) electrons. The van der Waals surface area contributed by atoms with Gasteiger partial charge in [-0.05, 0) is 23.8 Å². The summed E-state index contributed by atoms with van der Waals surface area (Å²) in [4.78, 5) is 24.3. The third-order valence-corrected chi connectivity index (χ3v) is 3.54. The third kappa shape index (κ3) is 2.57. The van der Waals surface area contributed by atoms with Crippen molar-refractivity contribution in [3.63, 3.8) is 0 Å². The fraction of sp³-hybridized carbons (Fsp3) is 0.188. The first-order chi connectivity index (χ1) is 11.2. The molecule has 23 heavy (non-hydrogen) atoms. The first kappa shape index (κ1) is 14.8. The molecule has 0 saturated carbocycles. The number of pyridine rings is 1. The molecule has 0 aliphatic carbocycles. The standard InChI is InChI=1S/C16H15N3O4/c1-22-13-8-5-9-18-14(13)17-19(16(18)21)10-11-6-3-4-7-12(11)15(20)23-2/h3-9H,10H2,1-2H3. The minimum absolute atomic E-state index is 0.162. The van der Waals surface area contributed by atoms with E-state index in [9.17, 15) is 9.59 Å². The molecule has 0 aliphatic rings. The van der Waals surface area contributed by atoms with Crippen molar-refractivity contribution in [3.8, 4) is 5.75 Å². The van der Waals surface area contributed by atoms with Crippen molar-refractivity contribution in [1.82, 2.24) is 14.2 Å². The highest BCUT2D eigenvalue weighted by Crippen LogP contribution is 2.16. The summed E-state index contributed by atoms with van der Waals surface area (Å²) in [5.74, 6) is 0.0552. The van der Waals surface area contributed by atoms with E-state index in [4.69, 9.17) is 9.47 Å². The summed E-state index contributed by atoms with van der Waals surface area (Å²) >= 11 is 0. The lowest BCUT2D eigenvalue weighted by Gasteiger charge is -2.06. The first-order valence-electron chi connectivity index (χ1n) is 6.94. The average molecular weight is 313 g/mol. The van der Waals surface area contributed by atoms with Crippen molar-refractivity contribution in [1.29, 1.82) is 0 Å². The van der Waals surface area contributed by atoms with E-state index in [-0.39, 0.29) is 12.2 Å². The van der Waals surface area contributed by atoms with Crippen LogP contribution >= 0.6 is 0 Å². The van der Waals surface area contributed by atoms with E-state index < -0.39 is 5.97 Å². The molecule has 3 rings (SSSR count). The molecule has 7 heteroatoms. The van der Waals surface area contributed by atoms with E-state index in [1.165, 1.54) is 23.3 Å². The molecule has 0 saturated heterocycles. The van der Waals surface area contributed by atoms with E-state index in [1.54, 1.807) is 42.6 Å². The zero-order chi connectivity index (χ0) is 16.4. The largest absolute Gasteiger partial charge is 0.493 e. The SMILES string of the molecule is COC(=O)c1ccccc1Cn1nc2c(OC)cccn2c1=O. The topological polar surface area (TPSA) is 74.8 Å². The maximum absolute atomic E-state index is 12.4. The van der Waals surface area contributed by atoms with Gasteiger partial charge in [-0.25, -0.2) is 18.7 Å². The summed E-state index contributed by atoms with van der Waals surface area (Å²) in [5.41, 5.74) is 1.18. The van der Waals surface area contributed by atoms with Crippen LogP contribution in [-0.2, 0) is 11.3 Å². The van der Waals surface area contributed by atoms with E-state index in [0.717, 1.165) is 0 Å². The lowest BCUT2D eigenvalue weighted by atomic mass is 10.1. The maximum Gasteiger partial charge on any atom is 0.350 e. The van der Waals surface area contributed by atoms with Gasteiger partial charge in [-0.3, -0.25) is 0 Å². The van der Waals surface area contributed by atoms with Crippen LogP contribution in [0.5, 0.6) is 5.75 Å². The van der Waals surface area contributed by atoms with Gasteiger partial charge in [0.2, 0.25) is 5.65 Å². The molecule has 118 valence electrons. The van der Waals surface area contributed by atoms with Crippen LogP contribution in [0.4, 0.5) is 0 Å². The van der Waals surface area contributed by atoms with Gasteiger partial charge in [0.05, 0.1) is 26.3 Å². The molecule has 2 heterocycles. The van der Waals surface area contributed by atoms with Gasteiger partial charge in [0.15, 0.2) is 5.75 Å². The molecule has 1 aromatic carbocycles. The second-order valence-electron chi connectivity index (χ2n) is 4.86. The van der Waals surface area contributed by atoms with Crippen LogP contribution in [0.1, 0.15) is 15.9 Å². The van der Waals surface area contributed by atoms with Gasteiger partial charge in [-0.1, -0.05) is 18.2 Å². The Morgan fingerprint density at radius 1 is 1.17 bits per heavy atom. The van der Waals surface area contributed by atoms with Crippen LogP contribution in [0.15, 0.2) is 47.4 Å². The second kappa shape index (κ2) is 5.96. The number of rotatable bonds is 4. The fourth-order valence-electron chi connectivity index (χ4n) is 2.40. The number of hydrogen-bond donors (Lipinski definition) is 0. The molecule has 7 nitrogen and oxygen atoms in total. The number of carbonyl (C=O) groups is 1. The summed E-state index contributed by atoms with van der Waals surface area (Å²) < 4.78 is 12.7. The Bertz CT molecular complexity index is 926. The lowest BCUT2D eigenvalue weighted by Crippen LogP contribution is -2.22. The Labute approximate surface area is 131 Å². The molecule has 0 spiro atoms. The highest BCUT2D eigenvalue weighted by Gasteiger charge is 2.15. The van der Waals surface area contributed by atoms with Gasteiger partial charge in [0, 0.05) is 6.20 Å². The summed E-state index contributed by atoms with van der Waals surface area (Å²) in [6.07, 6.45) is 1.62. The van der Waals surface area contributed by atoms with Crippen molar-refractivity contribution in [2.45, 2.75) is 6.54 Å². The number of aromatic nitrogens is 3. The molecule has 0 bridgehead atoms. The average Bonchev–Trinajstić information content (AvgIpc) is 2.91. The van der Waals surface area contributed by atoms with Crippen molar-refractivity contribution in [2.75, 3.05) is 14.2 Å². The number of esters is 1. The molecular formula is C16H15N3O4. The van der Waals surface area contributed by atoms with Crippen LogP contribution in [0, 0.1) is 0 Å². The Balaban J connectivity index is 2.08. The molecule has 0 unspecified atom stereocenters. The smallest absolute Gasteiger partial charge is 0.350 e. The molecule has 3 aromatic rings. The number of methoxy groups -OCH3 is 2. The normalized spacial score (nSPS) is 10.7. The van der Waals surface area contributed by atoms with Crippen LogP contribution in [0.3, 0.4) is 0 Å². The van der Waals surface area contributed by atoms with Gasteiger partial charge < -0.3 is 9.47 Å². The highest BCUT2D eigenvalue weighted by atomic mass is 16.5. The predicted octanol–water partition coefficient (Wildman–Crippen LogP) is 1.34. The molecule has 0 N–H and O–H groups in total. The van der Waals surface area contributed by atoms with Crippen molar-refractivity contribution in [3.05, 3.63) is 64.2 Å². The second-order valence-corrected chi connectivity index (χ2v) is 4.86. The third-order valence-electron chi connectivity index (χ3n) is 3.54. The maximum atomic E-state index is 12.4. The molecule has 0 atom stereocenters. The number of nitrogens with zero attached hydrogens (tertiary/aromatic N) is 3. The minimum atomic E-state index is -0.449. The van der Waals surface area contributed by atoms with E-state index in [0.29, 0.717) is 22.5 Å². The number of hydrogen-bond acceptors (Lipinski definition) is 5. The Hall–Kier alpha value is -3.09. The number of ether oxygens (including phenoxy) is 2. The molecule has 0 fully saturated rings. The van der Waals surface area contributed by atoms with Gasteiger partial charge in [-0.15, -0.1) is 5.10 Å². The van der Waals surface area contributed by atoms with E-state index >= 15 is 0 Å². The van der Waals surface area contributed by atoms with Gasteiger partial charge >= 0.3 is 11.7 Å². The molecule has 0 amide bonds. The van der Waals surface area contributed by atoms with Crippen molar-refractivity contribution < 1.29 is 14.3 Å². The van der Waals surface area contributed by atoms with Gasteiger partial charge in [0.1, 0.15) is 0 Å². The highest BCUT2D eigenvalue weighted by molar-refractivity contribution is 5.90. The monoisotopic (exact) mass is 313 g/mol. The fourth-order valence-corrected chi connectivity index (χ4v) is 2.40. The van der Waals surface area contributed by atoms with Crippen LogP contribution in [-0.4, -0.2) is 34.4 Å². The van der Waals surface area contributed by atoms with Gasteiger partial charge in [0.25, 0.3) is 0 Å². The minimum Gasteiger partial charge on any atom is -0.493 e. The van der Waals surface area contributed by atoms with Gasteiger partial charge in [-0.2, -0.15) is 0 Å². The Kier molecular flexibility index (Phi) is 3.84. The first-order valence-corrected chi connectivity index (χ1v) is 6.94. The molecule has 0 aliphatic heterocycles. The lowest BCUT2D eigenvalue weighted by molar-refractivity contribution is 0.0599. The van der Waals surface area contributed by atoms with Crippen molar-refractivity contribution >= 4 is 11.6 Å². The van der Waals surface area contributed by atoms with Crippen LogP contribution in [0.2, 0.25) is 0 Å². The molecule has 2 aromatic heterocycles. The number of benzene rings is 1. The van der Waals surface area contributed by atoms with E-state index in [1.807, 2.05) is 0 Å². The summed E-state index contributed by atoms with van der Waals surface area (Å²) in [5, 5.41) is 4.29. The Morgan fingerprint density at radius 2 is 1.96 bits per heavy atom. The molecular weight excluding hydrogens is 298 g/mol. The van der Waals surface area contributed by atoms with Crippen LogP contribution in [0.25, 0.3) is 5.65 Å². The summed E-state index contributed by atoms with van der Waals surface area (Å²) in [7, 11) is 2.84. The number of carbonyl (C=O) groups excluding carboxylic acids is 1. The van der Waals surface area contributed by atoms with Crippen molar-refractivity contribution in [2.24, 2.45) is 0 Å².